The number of amides is 1. The van der Waals surface area contributed by atoms with E-state index in [2.05, 4.69) is 44.5 Å². The second-order valence-electron chi connectivity index (χ2n) is 7.51. The lowest BCUT2D eigenvalue weighted by atomic mass is 10.0. The number of rotatable bonds is 3. The van der Waals surface area contributed by atoms with E-state index in [9.17, 15) is 4.79 Å². The first-order valence-corrected chi connectivity index (χ1v) is 9.59. The van der Waals surface area contributed by atoms with E-state index in [1.807, 2.05) is 30.6 Å². The minimum Gasteiger partial charge on any atom is -0.354 e. The highest BCUT2D eigenvalue weighted by Crippen LogP contribution is 2.30. The molecule has 27 heavy (non-hydrogen) atoms. The number of aromatic nitrogens is 2. The Morgan fingerprint density at radius 3 is 2.67 bits per heavy atom. The Labute approximate surface area is 158 Å². The van der Waals surface area contributed by atoms with Crippen LogP contribution in [0.4, 0.5) is 0 Å². The number of hydrogen-bond donors (Lipinski definition) is 1. The van der Waals surface area contributed by atoms with Gasteiger partial charge in [0.1, 0.15) is 0 Å². The van der Waals surface area contributed by atoms with Gasteiger partial charge in [0.05, 0.1) is 0 Å². The molecule has 1 aromatic heterocycles. The van der Waals surface area contributed by atoms with E-state index in [-0.39, 0.29) is 5.91 Å². The molecule has 2 atom stereocenters. The predicted octanol–water partition coefficient (Wildman–Crippen LogP) is 3.15. The van der Waals surface area contributed by atoms with Crippen molar-refractivity contribution in [3.8, 4) is 11.4 Å². The summed E-state index contributed by atoms with van der Waals surface area (Å²) in [6.45, 7) is 1.56. The van der Waals surface area contributed by atoms with Crippen LogP contribution in [-0.4, -0.2) is 39.4 Å². The van der Waals surface area contributed by atoms with Crippen LogP contribution < -0.4 is 5.32 Å². The average molecular weight is 358 g/mol. The van der Waals surface area contributed by atoms with Crippen molar-refractivity contribution in [1.29, 1.82) is 0 Å². The van der Waals surface area contributed by atoms with E-state index < -0.39 is 0 Å². The number of carbonyl (C=O) groups is 1. The molecule has 136 valence electrons. The predicted molar refractivity (Wildman–Crippen MR) is 105 cm³/mol. The zero-order valence-corrected chi connectivity index (χ0v) is 15.1. The Bertz CT molecular complexity index is 980. The Morgan fingerprint density at radius 1 is 1.00 bits per heavy atom. The van der Waals surface area contributed by atoms with E-state index in [1.165, 1.54) is 10.8 Å². The highest BCUT2D eigenvalue weighted by atomic mass is 16.1. The van der Waals surface area contributed by atoms with E-state index in [4.69, 9.17) is 0 Å². The molecule has 2 fully saturated rings. The molecular weight excluding hydrogens is 336 g/mol. The van der Waals surface area contributed by atoms with Crippen LogP contribution in [-0.2, 0) is 11.3 Å². The number of nitrogens with one attached hydrogen (secondary N) is 1. The highest BCUT2D eigenvalue weighted by Gasteiger charge is 2.37. The van der Waals surface area contributed by atoms with Gasteiger partial charge in [0.2, 0.25) is 5.91 Å². The number of carbonyl (C=O) groups excluding carboxylic acids is 1. The number of fused-ring (bicyclic) bond motifs is 3. The van der Waals surface area contributed by atoms with Gasteiger partial charge in [-0.3, -0.25) is 9.69 Å². The molecule has 5 nitrogen and oxygen atoms in total. The molecule has 0 aliphatic carbocycles. The molecule has 3 aromatic rings. The minimum atomic E-state index is 0.176. The highest BCUT2D eigenvalue weighted by molar-refractivity contribution is 5.94. The first kappa shape index (κ1) is 16.4. The van der Waals surface area contributed by atoms with Crippen LogP contribution in [0.1, 0.15) is 24.8 Å². The standard InChI is InChI=1S/C22H22N4O/c27-21-10-17-8-9-18(13-23-21)26(17)14-15-11-24-22(25-12-15)20-7-3-5-16-4-1-2-6-19(16)20/h1-7,11-12,17-18H,8-10,13-14H2,(H,23,27)/t17-,18+/m1/s1. The Kier molecular flexibility index (Phi) is 4.09. The Balaban J connectivity index is 1.40. The van der Waals surface area contributed by atoms with Crippen LogP contribution in [0.3, 0.4) is 0 Å². The fourth-order valence-electron chi connectivity index (χ4n) is 4.44. The maximum Gasteiger partial charge on any atom is 0.221 e. The average Bonchev–Trinajstić information content (AvgIpc) is 2.99. The molecule has 0 saturated carbocycles. The summed E-state index contributed by atoms with van der Waals surface area (Å²) in [5.41, 5.74) is 2.16. The van der Waals surface area contributed by atoms with E-state index >= 15 is 0 Å². The zero-order valence-electron chi connectivity index (χ0n) is 15.1. The lowest BCUT2D eigenvalue weighted by molar-refractivity contribution is -0.121. The van der Waals surface area contributed by atoms with Crippen molar-refractivity contribution in [3.05, 3.63) is 60.4 Å². The van der Waals surface area contributed by atoms with Crippen molar-refractivity contribution in [1.82, 2.24) is 20.2 Å². The third-order valence-corrected chi connectivity index (χ3v) is 5.83. The fraction of sp³-hybridized carbons (Fsp3) is 0.318. The molecule has 2 bridgehead atoms. The van der Waals surface area contributed by atoms with Crippen molar-refractivity contribution in [3.63, 3.8) is 0 Å². The molecule has 2 aliphatic heterocycles. The molecular formula is C22H22N4O. The van der Waals surface area contributed by atoms with Crippen LogP contribution in [0.15, 0.2) is 54.9 Å². The van der Waals surface area contributed by atoms with Crippen LogP contribution in [0.5, 0.6) is 0 Å². The lowest BCUT2D eigenvalue weighted by Crippen LogP contribution is -2.37. The Hall–Kier alpha value is -2.79. The molecule has 1 N–H and O–H groups in total. The molecule has 0 unspecified atom stereocenters. The summed E-state index contributed by atoms with van der Waals surface area (Å²) >= 11 is 0. The van der Waals surface area contributed by atoms with Gasteiger partial charge in [-0.15, -0.1) is 0 Å². The quantitative estimate of drug-likeness (QED) is 0.781. The van der Waals surface area contributed by atoms with Gasteiger partial charge in [-0.2, -0.15) is 0 Å². The largest absolute Gasteiger partial charge is 0.354 e. The molecule has 2 aromatic carbocycles. The molecule has 0 radical (unpaired) electrons. The summed E-state index contributed by atoms with van der Waals surface area (Å²) < 4.78 is 0. The first-order valence-electron chi connectivity index (χ1n) is 9.59. The summed E-state index contributed by atoms with van der Waals surface area (Å²) in [5.74, 6) is 0.931. The molecule has 5 heteroatoms. The van der Waals surface area contributed by atoms with Gasteiger partial charge in [-0.25, -0.2) is 9.97 Å². The number of hydrogen-bond acceptors (Lipinski definition) is 4. The second-order valence-corrected chi connectivity index (χ2v) is 7.51. The van der Waals surface area contributed by atoms with E-state index in [0.717, 1.165) is 42.9 Å². The topological polar surface area (TPSA) is 58.1 Å². The van der Waals surface area contributed by atoms with E-state index in [1.54, 1.807) is 0 Å². The van der Waals surface area contributed by atoms with Gasteiger partial charge >= 0.3 is 0 Å². The SMILES string of the molecule is O=C1C[C@H]2CC[C@@H](CN1)N2Cc1cnc(-c2cccc3ccccc23)nc1. The zero-order chi connectivity index (χ0) is 18.2. The van der Waals surface area contributed by atoms with Crippen molar-refractivity contribution in [2.75, 3.05) is 6.54 Å². The van der Waals surface area contributed by atoms with Crippen LogP contribution >= 0.6 is 0 Å². The van der Waals surface area contributed by atoms with Crippen LogP contribution in [0.25, 0.3) is 22.2 Å². The summed E-state index contributed by atoms with van der Waals surface area (Å²) in [7, 11) is 0. The van der Waals surface area contributed by atoms with Crippen LogP contribution in [0, 0.1) is 0 Å². The monoisotopic (exact) mass is 358 g/mol. The van der Waals surface area contributed by atoms with Gasteiger partial charge in [0, 0.05) is 55.1 Å². The lowest BCUT2D eigenvalue weighted by Gasteiger charge is -2.26. The number of nitrogens with zero attached hydrogens (tertiary/aromatic N) is 3. The normalized spacial score (nSPS) is 22.6. The third-order valence-electron chi connectivity index (χ3n) is 5.83. The second kappa shape index (κ2) is 6.74. The molecule has 2 aliphatic rings. The van der Waals surface area contributed by atoms with Gasteiger partial charge in [-0.1, -0.05) is 42.5 Å². The summed E-state index contributed by atoms with van der Waals surface area (Å²) in [4.78, 5) is 23.6. The summed E-state index contributed by atoms with van der Waals surface area (Å²) in [6.07, 6.45) is 6.73. The van der Waals surface area contributed by atoms with E-state index in [0.29, 0.717) is 18.5 Å². The first-order chi connectivity index (χ1) is 13.3. The summed E-state index contributed by atoms with van der Waals surface area (Å²) in [6, 6.07) is 15.3. The third kappa shape index (κ3) is 3.08. The van der Waals surface area contributed by atoms with Crippen molar-refractivity contribution in [2.24, 2.45) is 0 Å². The minimum absolute atomic E-state index is 0.176. The van der Waals surface area contributed by atoms with Gasteiger partial charge in [0.25, 0.3) is 0 Å². The van der Waals surface area contributed by atoms with Gasteiger partial charge in [0.15, 0.2) is 5.82 Å². The number of benzene rings is 2. The van der Waals surface area contributed by atoms with Gasteiger partial charge < -0.3 is 5.32 Å². The maximum atomic E-state index is 11.8. The van der Waals surface area contributed by atoms with Crippen LogP contribution in [0.2, 0.25) is 0 Å². The smallest absolute Gasteiger partial charge is 0.221 e. The molecule has 3 heterocycles. The summed E-state index contributed by atoms with van der Waals surface area (Å²) in [5, 5.41) is 5.39. The molecule has 1 amide bonds. The molecule has 5 rings (SSSR count). The fourth-order valence-corrected chi connectivity index (χ4v) is 4.44. The van der Waals surface area contributed by atoms with Gasteiger partial charge in [-0.05, 0) is 23.6 Å². The Morgan fingerprint density at radius 2 is 1.78 bits per heavy atom. The van der Waals surface area contributed by atoms with Crippen molar-refractivity contribution >= 4 is 16.7 Å². The van der Waals surface area contributed by atoms with Crippen molar-refractivity contribution in [2.45, 2.75) is 37.9 Å². The van der Waals surface area contributed by atoms with Crippen molar-refractivity contribution < 1.29 is 4.79 Å². The molecule has 0 spiro atoms. The maximum absolute atomic E-state index is 11.8. The molecule has 2 saturated heterocycles.